The minimum absolute atomic E-state index is 0.0206. The van der Waals surface area contributed by atoms with Gasteiger partial charge in [0.2, 0.25) is 5.95 Å². The third-order valence-corrected chi connectivity index (χ3v) is 3.56. The molecule has 140 valence electrons. The Labute approximate surface area is 151 Å². The molecule has 0 atom stereocenters. The van der Waals surface area contributed by atoms with Gasteiger partial charge in [-0.2, -0.15) is 13.2 Å². The van der Waals surface area contributed by atoms with Gasteiger partial charge >= 0.3 is 12.3 Å². The van der Waals surface area contributed by atoms with Gasteiger partial charge < -0.3 is 20.4 Å². The number of nitrogens with zero attached hydrogens (tertiary/aromatic N) is 3. The normalized spacial score (nSPS) is 11.3. The smallest absolute Gasteiger partial charge is 0.420 e. The summed E-state index contributed by atoms with van der Waals surface area (Å²) in [7, 11) is 0. The minimum Gasteiger partial charge on any atom is -0.465 e. The lowest BCUT2D eigenvalue weighted by Gasteiger charge is -2.18. The Morgan fingerprint density at radius 2 is 1.92 bits per heavy atom. The Hall–Kier alpha value is -2.59. The number of aromatic nitrogens is 2. The number of amides is 1. The van der Waals surface area contributed by atoms with Crippen molar-refractivity contribution in [1.82, 2.24) is 14.9 Å². The number of hydrogen-bond donors (Lipinski definition) is 3. The van der Waals surface area contributed by atoms with Crippen molar-refractivity contribution in [2.75, 3.05) is 18.5 Å². The molecule has 1 amide bonds. The molecular weight excluding hydrogens is 377 g/mol. The fourth-order valence-corrected chi connectivity index (χ4v) is 2.25. The highest BCUT2D eigenvalue weighted by atomic mass is 35.5. The molecule has 1 aromatic heterocycles. The summed E-state index contributed by atoms with van der Waals surface area (Å²) in [5.74, 6) is -0.108. The van der Waals surface area contributed by atoms with E-state index in [0.717, 1.165) is 4.90 Å². The number of anilines is 2. The maximum absolute atomic E-state index is 12.6. The molecule has 26 heavy (non-hydrogen) atoms. The van der Waals surface area contributed by atoms with Crippen LogP contribution >= 0.6 is 11.6 Å². The molecule has 0 saturated heterocycles. The zero-order chi connectivity index (χ0) is 19.3. The van der Waals surface area contributed by atoms with Gasteiger partial charge in [0.25, 0.3) is 0 Å². The highest BCUT2D eigenvalue weighted by molar-refractivity contribution is 6.30. The molecule has 3 N–H and O–H groups in total. The zero-order valence-corrected chi connectivity index (χ0v) is 13.9. The maximum Gasteiger partial charge on any atom is 0.420 e. The van der Waals surface area contributed by atoms with Crippen LogP contribution in [0.25, 0.3) is 0 Å². The van der Waals surface area contributed by atoms with Gasteiger partial charge in [-0.1, -0.05) is 23.7 Å². The number of halogens is 4. The SMILES string of the molecule is O=C(O)N(CCO)Cc1ccc(Nc2ncc(C(F)(F)F)c(Cl)n2)cc1. The van der Waals surface area contributed by atoms with Crippen molar-refractivity contribution in [3.63, 3.8) is 0 Å². The van der Waals surface area contributed by atoms with E-state index in [1.807, 2.05) is 0 Å². The highest BCUT2D eigenvalue weighted by Crippen LogP contribution is 2.33. The first kappa shape index (κ1) is 19.7. The van der Waals surface area contributed by atoms with Crippen LogP contribution in [0.3, 0.4) is 0 Å². The third kappa shape index (κ3) is 5.20. The maximum atomic E-state index is 12.6. The number of carboxylic acid groups (broad SMARTS) is 1. The van der Waals surface area contributed by atoms with Gasteiger partial charge in [-0.05, 0) is 17.7 Å². The summed E-state index contributed by atoms with van der Waals surface area (Å²) in [5.41, 5.74) is 0.0177. The molecule has 0 saturated carbocycles. The standard InChI is InChI=1S/C15H14ClF3N4O3/c16-12-11(15(17,18)19)7-20-13(22-12)21-10-3-1-9(2-4-10)8-23(5-6-24)14(25)26/h1-4,7,24H,5-6,8H2,(H,25,26)(H,20,21,22). The predicted molar refractivity (Wildman–Crippen MR) is 87.3 cm³/mol. The Morgan fingerprint density at radius 1 is 1.27 bits per heavy atom. The van der Waals surface area contributed by atoms with Crippen LogP contribution in [0.4, 0.5) is 29.6 Å². The molecule has 2 rings (SSSR count). The second kappa shape index (κ2) is 8.19. The number of aliphatic hydroxyl groups is 1. The number of rotatable bonds is 6. The largest absolute Gasteiger partial charge is 0.465 e. The lowest BCUT2D eigenvalue weighted by atomic mass is 10.2. The summed E-state index contributed by atoms with van der Waals surface area (Å²) in [5, 5.41) is 19.9. The molecule has 11 heteroatoms. The summed E-state index contributed by atoms with van der Waals surface area (Å²) >= 11 is 5.53. The number of carbonyl (C=O) groups is 1. The van der Waals surface area contributed by atoms with E-state index in [1.165, 1.54) is 0 Å². The van der Waals surface area contributed by atoms with Crippen LogP contribution in [0.5, 0.6) is 0 Å². The first-order valence-corrected chi connectivity index (χ1v) is 7.63. The van der Waals surface area contributed by atoms with Gasteiger partial charge in [0, 0.05) is 25.0 Å². The van der Waals surface area contributed by atoms with Gasteiger partial charge in [-0.15, -0.1) is 0 Å². The van der Waals surface area contributed by atoms with Gasteiger partial charge in [0.15, 0.2) is 0 Å². The molecule has 0 aliphatic carbocycles. The summed E-state index contributed by atoms with van der Waals surface area (Å²) in [6.45, 7) is -0.232. The van der Waals surface area contributed by atoms with E-state index in [9.17, 15) is 18.0 Å². The van der Waals surface area contributed by atoms with Gasteiger partial charge in [0.05, 0.1) is 6.61 Å². The average molecular weight is 391 g/mol. The van der Waals surface area contributed by atoms with Crippen LogP contribution in [0.15, 0.2) is 30.5 Å². The van der Waals surface area contributed by atoms with E-state index in [1.54, 1.807) is 24.3 Å². The van der Waals surface area contributed by atoms with E-state index < -0.39 is 23.0 Å². The topological polar surface area (TPSA) is 98.6 Å². The van der Waals surface area contributed by atoms with Crippen molar-refractivity contribution in [3.8, 4) is 0 Å². The van der Waals surface area contributed by atoms with E-state index in [4.69, 9.17) is 21.8 Å². The van der Waals surface area contributed by atoms with Crippen molar-refractivity contribution in [2.45, 2.75) is 12.7 Å². The summed E-state index contributed by atoms with van der Waals surface area (Å²) in [4.78, 5) is 19.2. The number of alkyl halides is 3. The number of benzene rings is 1. The lowest BCUT2D eigenvalue weighted by molar-refractivity contribution is -0.137. The molecule has 1 heterocycles. The molecule has 0 spiro atoms. The Balaban J connectivity index is 2.07. The van der Waals surface area contributed by atoms with Crippen LogP contribution in [0.2, 0.25) is 5.15 Å². The summed E-state index contributed by atoms with van der Waals surface area (Å²) in [6.07, 6.45) is -5.21. The molecule has 0 aliphatic rings. The van der Waals surface area contributed by atoms with Crippen LogP contribution in [0, 0.1) is 0 Å². The quantitative estimate of drug-likeness (QED) is 0.654. The molecule has 7 nitrogen and oxygen atoms in total. The van der Waals surface area contributed by atoms with Gasteiger partial charge in [-0.3, -0.25) is 0 Å². The fourth-order valence-electron chi connectivity index (χ4n) is 2.02. The Kier molecular flexibility index (Phi) is 6.22. The molecule has 1 aromatic carbocycles. The van der Waals surface area contributed by atoms with Crippen molar-refractivity contribution in [3.05, 3.63) is 46.7 Å². The summed E-state index contributed by atoms with van der Waals surface area (Å²) < 4.78 is 37.9. The molecular formula is C15H14ClF3N4O3. The minimum atomic E-state index is -4.64. The van der Waals surface area contributed by atoms with E-state index >= 15 is 0 Å². The highest BCUT2D eigenvalue weighted by Gasteiger charge is 2.34. The third-order valence-electron chi connectivity index (χ3n) is 3.27. The van der Waals surface area contributed by atoms with Crippen molar-refractivity contribution in [1.29, 1.82) is 0 Å². The number of hydrogen-bond acceptors (Lipinski definition) is 5. The second-order valence-electron chi connectivity index (χ2n) is 5.15. The van der Waals surface area contributed by atoms with Crippen molar-refractivity contribution >= 4 is 29.3 Å². The van der Waals surface area contributed by atoms with Gasteiger partial charge in [0.1, 0.15) is 10.7 Å². The molecule has 0 fully saturated rings. The molecule has 0 radical (unpaired) electrons. The molecule has 0 unspecified atom stereocenters. The van der Waals surface area contributed by atoms with Gasteiger partial charge in [-0.25, -0.2) is 14.8 Å². The van der Waals surface area contributed by atoms with Crippen LogP contribution in [-0.2, 0) is 12.7 Å². The average Bonchev–Trinajstić information content (AvgIpc) is 2.55. The van der Waals surface area contributed by atoms with Crippen LogP contribution in [-0.4, -0.2) is 44.3 Å². The molecule has 0 bridgehead atoms. The monoisotopic (exact) mass is 390 g/mol. The predicted octanol–water partition coefficient (Wildman–Crippen LogP) is 3.36. The van der Waals surface area contributed by atoms with Crippen LogP contribution in [0.1, 0.15) is 11.1 Å². The Bertz CT molecular complexity index is 772. The second-order valence-corrected chi connectivity index (χ2v) is 5.50. The molecule has 2 aromatic rings. The van der Waals surface area contributed by atoms with Crippen molar-refractivity contribution < 1.29 is 28.2 Å². The molecule has 0 aliphatic heterocycles. The van der Waals surface area contributed by atoms with E-state index in [0.29, 0.717) is 17.4 Å². The lowest BCUT2D eigenvalue weighted by Crippen LogP contribution is -2.31. The number of nitrogens with one attached hydrogen (secondary N) is 1. The van der Waals surface area contributed by atoms with Crippen LogP contribution < -0.4 is 5.32 Å². The fraction of sp³-hybridized carbons (Fsp3) is 0.267. The Morgan fingerprint density at radius 3 is 2.42 bits per heavy atom. The first-order chi connectivity index (χ1) is 12.2. The van der Waals surface area contributed by atoms with E-state index in [-0.39, 0.29) is 25.6 Å². The first-order valence-electron chi connectivity index (χ1n) is 7.25. The summed E-state index contributed by atoms with van der Waals surface area (Å²) in [6, 6.07) is 6.43. The zero-order valence-electron chi connectivity index (χ0n) is 13.2. The number of aliphatic hydroxyl groups excluding tert-OH is 1. The van der Waals surface area contributed by atoms with E-state index in [2.05, 4.69) is 15.3 Å². The van der Waals surface area contributed by atoms with Crippen molar-refractivity contribution in [2.24, 2.45) is 0 Å².